The molecule has 2 aliphatic heterocycles. The van der Waals surface area contributed by atoms with Crippen molar-refractivity contribution in [3.63, 3.8) is 0 Å². The van der Waals surface area contributed by atoms with Gasteiger partial charge < -0.3 is 40.7 Å². The van der Waals surface area contributed by atoms with Crippen LogP contribution in [0.25, 0.3) is 10.9 Å². The molecule has 0 spiro atoms. The molecule has 0 saturated carbocycles. The van der Waals surface area contributed by atoms with Gasteiger partial charge in [-0.3, -0.25) is 29.1 Å². The van der Waals surface area contributed by atoms with Crippen LogP contribution in [0.2, 0.25) is 0 Å². The number of aliphatic hydroxyl groups is 1. The Hall–Kier alpha value is -5.77. The van der Waals surface area contributed by atoms with Crippen LogP contribution in [-0.2, 0) is 35.1 Å². The van der Waals surface area contributed by atoms with Gasteiger partial charge >= 0.3 is 12.2 Å². The van der Waals surface area contributed by atoms with Crippen LogP contribution in [-0.4, -0.2) is 117 Å². The number of likely N-dealkylation sites (tertiary alicyclic amines) is 2. The predicted molar refractivity (Wildman–Crippen MR) is 211 cm³/mol. The maximum Gasteiger partial charge on any atom is 0.411 e. The Morgan fingerprint density at radius 3 is 2.16 bits per heavy atom. The number of aliphatic hydroxyl groups excluding tert-OH is 1. The highest BCUT2D eigenvalue weighted by Crippen LogP contribution is 2.28. The van der Waals surface area contributed by atoms with Crippen molar-refractivity contribution >= 4 is 52.4 Å². The molecule has 2 fully saturated rings. The Morgan fingerprint density at radius 1 is 0.825 bits per heavy atom. The summed E-state index contributed by atoms with van der Waals surface area (Å²) in [4.78, 5) is 87.4. The first-order valence-corrected chi connectivity index (χ1v) is 19.1. The fourth-order valence-electron chi connectivity index (χ4n) is 6.81. The molecule has 16 nitrogen and oxygen atoms in total. The van der Waals surface area contributed by atoms with Crippen LogP contribution in [0.3, 0.4) is 0 Å². The van der Waals surface area contributed by atoms with Gasteiger partial charge in [0, 0.05) is 30.6 Å². The number of aromatic nitrogens is 1. The minimum atomic E-state index is -1.34. The predicted octanol–water partition coefficient (Wildman–Crippen LogP) is 3.27. The molecular formula is C41H53N7O9. The second-order valence-electron chi connectivity index (χ2n) is 16.4. The van der Waals surface area contributed by atoms with Gasteiger partial charge in [-0.15, -0.1) is 0 Å². The largest absolute Gasteiger partial charge is 0.444 e. The first-order chi connectivity index (χ1) is 26.8. The number of ether oxygens (including phenoxy) is 2. The number of para-hydroxylation sites is 1. The van der Waals surface area contributed by atoms with Crippen molar-refractivity contribution in [1.29, 1.82) is 0 Å². The SMILES string of the molecule is CC(C)(C)OC(=O)NCC(=O)N[C@@H]1C[C@@H](C(=O)N2C[C@H](NC(=O)[C@H](O)CCc3ccccc3)C[C@H]2C(=O)Nc2cnc3ccccc3c2)N(C(=O)OC(C)(C)C)C1. The van der Waals surface area contributed by atoms with Gasteiger partial charge in [-0.05, 0) is 84.9 Å². The number of hydrogen-bond donors (Lipinski definition) is 5. The van der Waals surface area contributed by atoms with Crippen molar-refractivity contribution in [3.8, 4) is 0 Å². The highest BCUT2D eigenvalue weighted by molar-refractivity contribution is 6.00. The zero-order valence-electron chi connectivity index (χ0n) is 33.2. The number of anilines is 1. The third-order valence-electron chi connectivity index (χ3n) is 9.31. The van der Waals surface area contributed by atoms with Crippen LogP contribution in [0.15, 0.2) is 66.9 Å². The van der Waals surface area contributed by atoms with Gasteiger partial charge in [-0.1, -0.05) is 48.5 Å². The summed E-state index contributed by atoms with van der Waals surface area (Å²) in [6.45, 7) is 9.52. The van der Waals surface area contributed by atoms with Crippen LogP contribution in [0, 0.1) is 0 Å². The number of benzene rings is 2. The van der Waals surface area contributed by atoms with E-state index in [0.717, 1.165) is 16.5 Å². The summed E-state index contributed by atoms with van der Waals surface area (Å²) < 4.78 is 10.8. The van der Waals surface area contributed by atoms with Gasteiger partial charge in [-0.2, -0.15) is 0 Å². The molecule has 0 bridgehead atoms. The Balaban J connectivity index is 1.34. The molecule has 5 atom stereocenters. The number of carbonyl (C=O) groups is 6. The van der Waals surface area contributed by atoms with E-state index >= 15 is 0 Å². The number of nitrogens with zero attached hydrogens (tertiary/aromatic N) is 3. The molecule has 0 aliphatic carbocycles. The maximum absolute atomic E-state index is 14.6. The molecule has 57 heavy (non-hydrogen) atoms. The van der Waals surface area contributed by atoms with Crippen molar-refractivity contribution in [2.75, 3.05) is 25.0 Å². The summed E-state index contributed by atoms with van der Waals surface area (Å²) in [6, 6.07) is 14.9. The molecule has 0 radical (unpaired) electrons. The number of rotatable bonds is 11. The average molecular weight is 788 g/mol. The maximum atomic E-state index is 14.6. The van der Waals surface area contributed by atoms with Gasteiger partial charge in [0.25, 0.3) is 0 Å². The lowest BCUT2D eigenvalue weighted by Gasteiger charge is -2.32. The smallest absolute Gasteiger partial charge is 0.411 e. The molecule has 6 amide bonds. The number of hydrogen-bond acceptors (Lipinski definition) is 10. The number of alkyl carbamates (subject to hydrolysis) is 1. The molecule has 2 aromatic carbocycles. The van der Waals surface area contributed by atoms with Gasteiger partial charge in [0.15, 0.2) is 0 Å². The van der Waals surface area contributed by atoms with Crippen molar-refractivity contribution in [1.82, 2.24) is 30.7 Å². The molecule has 5 N–H and O–H groups in total. The summed E-state index contributed by atoms with van der Waals surface area (Å²) in [7, 11) is 0. The summed E-state index contributed by atoms with van der Waals surface area (Å²) in [5, 5.41) is 22.4. The Labute approximate surface area is 332 Å². The summed E-state index contributed by atoms with van der Waals surface area (Å²) in [6.07, 6.45) is -0.776. The van der Waals surface area contributed by atoms with Crippen molar-refractivity contribution in [3.05, 3.63) is 72.4 Å². The normalized spacial score (nSPS) is 20.1. The number of aryl methyl sites for hydroxylation is 1. The third kappa shape index (κ3) is 12.1. The summed E-state index contributed by atoms with van der Waals surface area (Å²) in [5.41, 5.74) is 0.404. The van der Waals surface area contributed by atoms with Gasteiger partial charge in [0.2, 0.25) is 23.6 Å². The molecule has 0 unspecified atom stereocenters. The minimum Gasteiger partial charge on any atom is -0.444 e. The van der Waals surface area contributed by atoms with E-state index in [1.165, 1.54) is 16.0 Å². The van der Waals surface area contributed by atoms with Crippen LogP contribution in [0.4, 0.5) is 15.3 Å². The lowest BCUT2D eigenvalue weighted by atomic mass is 10.1. The number of fused-ring (bicyclic) bond motifs is 1. The topological polar surface area (TPSA) is 209 Å². The zero-order valence-corrected chi connectivity index (χ0v) is 33.2. The molecule has 5 rings (SSSR count). The van der Waals surface area contributed by atoms with E-state index in [1.807, 2.05) is 54.6 Å². The fraction of sp³-hybridized carbons (Fsp3) is 0.488. The Kier molecular flexibility index (Phi) is 13.4. The molecule has 16 heteroatoms. The van der Waals surface area contributed by atoms with Crippen molar-refractivity contribution in [2.24, 2.45) is 0 Å². The average Bonchev–Trinajstić information content (AvgIpc) is 3.76. The van der Waals surface area contributed by atoms with Crippen molar-refractivity contribution in [2.45, 2.75) is 109 Å². The number of amides is 6. The van der Waals surface area contributed by atoms with E-state index in [-0.39, 0.29) is 32.4 Å². The zero-order chi connectivity index (χ0) is 41.5. The number of nitrogens with one attached hydrogen (secondary N) is 4. The number of carbonyl (C=O) groups excluding carboxylic acids is 6. The lowest BCUT2D eigenvalue weighted by molar-refractivity contribution is -0.140. The molecule has 306 valence electrons. The highest BCUT2D eigenvalue weighted by Gasteiger charge is 2.48. The van der Waals surface area contributed by atoms with E-state index in [2.05, 4.69) is 26.3 Å². The van der Waals surface area contributed by atoms with Crippen LogP contribution in [0.1, 0.15) is 66.4 Å². The third-order valence-corrected chi connectivity index (χ3v) is 9.31. The fourth-order valence-corrected chi connectivity index (χ4v) is 6.81. The summed E-state index contributed by atoms with van der Waals surface area (Å²) in [5.74, 6) is -2.34. The second-order valence-corrected chi connectivity index (χ2v) is 16.4. The first-order valence-electron chi connectivity index (χ1n) is 19.1. The van der Waals surface area contributed by atoms with Gasteiger partial charge in [0.1, 0.15) is 35.9 Å². The van der Waals surface area contributed by atoms with Crippen LogP contribution < -0.4 is 21.3 Å². The van der Waals surface area contributed by atoms with Crippen molar-refractivity contribution < 1.29 is 43.3 Å². The minimum absolute atomic E-state index is 0.0192. The molecule has 1 aromatic heterocycles. The van der Waals surface area contributed by atoms with Crippen LogP contribution in [0.5, 0.6) is 0 Å². The molecule has 3 aromatic rings. The van der Waals surface area contributed by atoms with E-state index in [4.69, 9.17) is 9.47 Å². The highest BCUT2D eigenvalue weighted by atomic mass is 16.6. The molecular weight excluding hydrogens is 734 g/mol. The second kappa shape index (κ2) is 18.0. The quantitative estimate of drug-likeness (QED) is 0.192. The molecule has 2 aliphatic rings. The van der Waals surface area contributed by atoms with Gasteiger partial charge in [0.05, 0.1) is 17.4 Å². The van der Waals surface area contributed by atoms with E-state index in [1.54, 1.807) is 47.6 Å². The van der Waals surface area contributed by atoms with E-state index in [9.17, 15) is 33.9 Å². The van der Waals surface area contributed by atoms with Gasteiger partial charge in [-0.25, -0.2) is 9.59 Å². The van der Waals surface area contributed by atoms with E-state index < -0.39 is 83.8 Å². The molecule has 2 saturated heterocycles. The van der Waals surface area contributed by atoms with E-state index in [0.29, 0.717) is 12.1 Å². The Bertz CT molecular complexity index is 1950. The Morgan fingerprint density at radius 2 is 1.46 bits per heavy atom. The summed E-state index contributed by atoms with van der Waals surface area (Å²) >= 11 is 0. The van der Waals surface area contributed by atoms with Crippen LogP contribution >= 0.6 is 0 Å². The standard InChI is InChI=1S/C41H53N7O9/c1-40(2,3)56-38(54)43-22-34(50)44-28-20-32(48(24-28)39(55)57-41(4,5)6)37(53)47-23-29(46-36(52)33(49)17-16-25-12-8-7-9-13-25)19-31(47)35(51)45-27-18-26-14-10-11-15-30(26)42-21-27/h7-15,18,21,28-29,31-33,49H,16-17,19-20,22-24H2,1-6H3,(H,43,54)(H,44,50)(H,45,51)(H,46,52)/t28-,29-,31+,32+,33-/m1/s1. The lowest BCUT2D eigenvalue weighted by Crippen LogP contribution is -2.53. The monoisotopic (exact) mass is 787 g/mol. The number of pyridine rings is 1. The first kappa shape index (κ1) is 42.4. The molecule has 3 heterocycles.